The highest BCUT2D eigenvalue weighted by atomic mass is 32.2. The van der Waals surface area contributed by atoms with Crippen LogP contribution in [0.2, 0.25) is 0 Å². The minimum atomic E-state index is -0.309. The number of amides is 1. The molecule has 1 saturated heterocycles. The fourth-order valence-electron chi connectivity index (χ4n) is 1.87. The summed E-state index contributed by atoms with van der Waals surface area (Å²) in [6, 6.07) is -0.309. The first kappa shape index (κ1) is 13.8. The molecule has 0 aromatic rings. The summed E-state index contributed by atoms with van der Waals surface area (Å²) in [6.45, 7) is 3.71. The predicted octanol–water partition coefficient (Wildman–Crippen LogP) is 0.231. The Labute approximate surface area is 103 Å². The maximum absolute atomic E-state index is 12.0. The summed E-state index contributed by atoms with van der Waals surface area (Å²) >= 11 is 1.74. The third-order valence-corrected chi connectivity index (χ3v) is 3.63. The summed E-state index contributed by atoms with van der Waals surface area (Å²) < 4.78 is 0. The van der Waals surface area contributed by atoms with Crippen molar-refractivity contribution in [3.05, 3.63) is 0 Å². The first-order valence-corrected chi connectivity index (χ1v) is 7.26. The molecule has 1 unspecified atom stereocenters. The van der Waals surface area contributed by atoms with Gasteiger partial charge in [-0.15, -0.1) is 0 Å². The zero-order valence-electron chi connectivity index (χ0n) is 10.3. The molecule has 0 radical (unpaired) electrons. The Kier molecular flexibility index (Phi) is 6.16. The van der Waals surface area contributed by atoms with Gasteiger partial charge < -0.3 is 15.5 Å². The lowest BCUT2D eigenvalue weighted by atomic mass is 10.2. The number of likely N-dealkylation sites (N-methyl/N-ethyl adjacent to an activating group) is 1. The van der Waals surface area contributed by atoms with Gasteiger partial charge in [0.2, 0.25) is 5.91 Å². The molecule has 1 amide bonds. The SMILES string of the molecule is CSCCC(N)C(=O)N1CCCN(C)CC1. The smallest absolute Gasteiger partial charge is 0.239 e. The van der Waals surface area contributed by atoms with Gasteiger partial charge in [0.1, 0.15) is 0 Å². The fourth-order valence-corrected chi connectivity index (χ4v) is 2.36. The lowest BCUT2D eigenvalue weighted by Crippen LogP contribution is -2.45. The van der Waals surface area contributed by atoms with Crippen LogP contribution in [0.25, 0.3) is 0 Å². The van der Waals surface area contributed by atoms with Crippen molar-refractivity contribution in [2.24, 2.45) is 5.73 Å². The second kappa shape index (κ2) is 7.14. The Hall–Kier alpha value is -0.260. The molecule has 1 atom stereocenters. The van der Waals surface area contributed by atoms with Crippen LogP contribution in [0.3, 0.4) is 0 Å². The third kappa shape index (κ3) is 4.31. The summed E-state index contributed by atoms with van der Waals surface area (Å²) in [6.07, 6.45) is 3.88. The van der Waals surface area contributed by atoms with E-state index in [1.165, 1.54) is 0 Å². The maximum Gasteiger partial charge on any atom is 0.239 e. The van der Waals surface area contributed by atoms with Gasteiger partial charge in [-0.1, -0.05) is 0 Å². The lowest BCUT2D eigenvalue weighted by molar-refractivity contribution is -0.132. The summed E-state index contributed by atoms with van der Waals surface area (Å²) in [4.78, 5) is 16.2. The molecule has 1 fully saturated rings. The normalized spacial score (nSPS) is 20.6. The van der Waals surface area contributed by atoms with Crippen LogP contribution in [-0.4, -0.2) is 67.0 Å². The monoisotopic (exact) mass is 245 g/mol. The van der Waals surface area contributed by atoms with Crippen molar-refractivity contribution in [2.75, 3.05) is 45.2 Å². The Bertz CT molecular complexity index is 225. The van der Waals surface area contributed by atoms with Gasteiger partial charge in [0.05, 0.1) is 6.04 Å². The van der Waals surface area contributed by atoms with Crippen molar-refractivity contribution in [2.45, 2.75) is 18.9 Å². The quantitative estimate of drug-likeness (QED) is 0.770. The number of nitrogens with zero attached hydrogens (tertiary/aromatic N) is 2. The van der Waals surface area contributed by atoms with E-state index in [2.05, 4.69) is 11.9 Å². The van der Waals surface area contributed by atoms with Crippen molar-refractivity contribution in [3.8, 4) is 0 Å². The molecule has 4 nitrogen and oxygen atoms in total. The molecule has 16 heavy (non-hydrogen) atoms. The average Bonchev–Trinajstić information content (AvgIpc) is 2.50. The van der Waals surface area contributed by atoms with Gasteiger partial charge in [0.15, 0.2) is 0 Å². The van der Waals surface area contributed by atoms with Gasteiger partial charge in [-0.2, -0.15) is 11.8 Å². The molecular weight excluding hydrogens is 222 g/mol. The highest BCUT2D eigenvalue weighted by Crippen LogP contribution is 2.06. The molecule has 0 bridgehead atoms. The third-order valence-electron chi connectivity index (χ3n) is 2.98. The Balaban J connectivity index is 2.39. The number of carbonyl (C=O) groups is 1. The van der Waals surface area contributed by atoms with Crippen LogP contribution in [0.4, 0.5) is 0 Å². The van der Waals surface area contributed by atoms with E-state index in [4.69, 9.17) is 5.73 Å². The van der Waals surface area contributed by atoms with E-state index in [0.717, 1.165) is 44.8 Å². The van der Waals surface area contributed by atoms with E-state index in [0.29, 0.717) is 0 Å². The van der Waals surface area contributed by atoms with E-state index < -0.39 is 0 Å². The predicted molar refractivity (Wildman–Crippen MR) is 69.7 cm³/mol. The van der Waals surface area contributed by atoms with E-state index in [-0.39, 0.29) is 11.9 Å². The van der Waals surface area contributed by atoms with Gasteiger partial charge in [-0.3, -0.25) is 4.79 Å². The lowest BCUT2D eigenvalue weighted by Gasteiger charge is -2.24. The van der Waals surface area contributed by atoms with E-state index >= 15 is 0 Å². The zero-order valence-corrected chi connectivity index (χ0v) is 11.1. The molecule has 0 aromatic carbocycles. The largest absolute Gasteiger partial charge is 0.340 e. The van der Waals surface area contributed by atoms with E-state index in [1.54, 1.807) is 11.8 Å². The molecule has 1 heterocycles. The average molecular weight is 245 g/mol. The fraction of sp³-hybridized carbons (Fsp3) is 0.909. The molecule has 1 aliphatic heterocycles. The number of hydrogen-bond donors (Lipinski definition) is 1. The number of hydrogen-bond acceptors (Lipinski definition) is 4. The molecule has 0 saturated carbocycles. The van der Waals surface area contributed by atoms with Crippen LogP contribution in [0.15, 0.2) is 0 Å². The van der Waals surface area contributed by atoms with Gasteiger partial charge >= 0.3 is 0 Å². The van der Waals surface area contributed by atoms with Gasteiger partial charge in [-0.25, -0.2) is 0 Å². The summed E-state index contributed by atoms with van der Waals surface area (Å²) in [5, 5.41) is 0. The summed E-state index contributed by atoms with van der Waals surface area (Å²) in [5.41, 5.74) is 5.90. The van der Waals surface area contributed by atoms with Crippen LogP contribution >= 0.6 is 11.8 Å². The van der Waals surface area contributed by atoms with Gasteiger partial charge in [-0.05, 0) is 38.4 Å². The molecule has 1 aliphatic rings. The van der Waals surface area contributed by atoms with Crippen LogP contribution < -0.4 is 5.73 Å². The maximum atomic E-state index is 12.0. The number of thioether (sulfide) groups is 1. The Morgan fingerprint density at radius 1 is 1.38 bits per heavy atom. The Morgan fingerprint density at radius 2 is 2.12 bits per heavy atom. The van der Waals surface area contributed by atoms with Crippen LogP contribution in [0, 0.1) is 0 Å². The second-order valence-corrected chi connectivity index (χ2v) is 5.36. The molecule has 5 heteroatoms. The second-order valence-electron chi connectivity index (χ2n) is 4.37. The van der Waals surface area contributed by atoms with Crippen LogP contribution in [0.1, 0.15) is 12.8 Å². The minimum absolute atomic E-state index is 0.129. The van der Waals surface area contributed by atoms with Gasteiger partial charge in [0.25, 0.3) is 0 Å². The highest BCUT2D eigenvalue weighted by molar-refractivity contribution is 7.98. The number of nitrogens with two attached hydrogens (primary N) is 1. The molecule has 0 aliphatic carbocycles. The number of carbonyl (C=O) groups excluding carboxylic acids is 1. The Morgan fingerprint density at radius 3 is 2.81 bits per heavy atom. The first-order chi connectivity index (χ1) is 7.65. The van der Waals surface area contributed by atoms with E-state index in [9.17, 15) is 4.79 Å². The summed E-state index contributed by atoms with van der Waals surface area (Å²) in [5.74, 6) is 1.09. The molecule has 0 aromatic heterocycles. The topological polar surface area (TPSA) is 49.6 Å². The zero-order chi connectivity index (χ0) is 12.0. The highest BCUT2D eigenvalue weighted by Gasteiger charge is 2.22. The standard InChI is InChI=1S/C11H23N3OS/c1-13-5-3-6-14(8-7-13)11(15)10(12)4-9-16-2/h10H,3-9,12H2,1-2H3. The molecule has 1 rings (SSSR count). The molecule has 2 N–H and O–H groups in total. The van der Waals surface area contributed by atoms with E-state index in [1.807, 2.05) is 11.2 Å². The summed E-state index contributed by atoms with van der Waals surface area (Å²) in [7, 11) is 2.10. The van der Waals surface area contributed by atoms with Crippen LogP contribution in [0.5, 0.6) is 0 Å². The molecular formula is C11H23N3OS. The minimum Gasteiger partial charge on any atom is -0.340 e. The van der Waals surface area contributed by atoms with Crippen molar-refractivity contribution in [1.29, 1.82) is 0 Å². The van der Waals surface area contributed by atoms with Gasteiger partial charge in [0, 0.05) is 19.6 Å². The van der Waals surface area contributed by atoms with Crippen molar-refractivity contribution in [1.82, 2.24) is 9.80 Å². The number of rotatable bonds is 4. The van der Waals surface area contributed by atoms with Crippen molar-refractivity contribution < 1.29 is 4.79 Å². The van der Waals surface area contributed by atoms with Crippen molar-refractivity contribution in [3.63, 3.8) is 0 Å². The van der Waals surface area contributed by atoms with Crippen molar-refractivity contribution >= 4 is 17.7 Å². The molecule has 0 spiro atoms. The molecule has 94 valence electrons. The first-order valence-electron chi connectivity index (χ1n) is 5.87. The van der Waals surface area contributed by atoms with Crippen LogP contribution in [-0.2, 0) is 4.79 Å².